The van der Waals surface area contributed by atoms with Crippen LogP contribution in [0.1, 0.15) is 71.1 Å². The molecule has 0 aliphatic rings. The van der Waals surface area contributed by atoms with Crippen LogP contribution in [-0.2, 0) is 0 Å². The molecule has 15 heavy (non-hydrogen) atoms. The number of rotatable bonds is 10. The minimum atomic E-state index is 0.222. The molecule has 0 aliphatic carbocycles. The predicted molar refractivity (Wildman–Crippen MR) is 67.1 cm³/mol. The molecule has 1 atom stereocenters. The summed E-state index contributed by atoms with van der Waals surface area (Å²) < 4.78 is 0. The monoisotopic (exact) mass is 229 g/mol. The predicted octanol–water partition coefficient (Wildman–Crippen LogP) is 5.04. The number of nitrogens with zero attached hydrogens (tertiary/aromatic N) is 1. The molecule has 0 N–H and O–H groups in total. The maximum atomic E-state index is 8.40. The lowest BCUT2D eigenvalue weighted by Gasteiger charge is -2.06. The first kappa shape index (κ1) is 14.8. The third-order valence-corrected chi connectivity index (χ3v) is 3.13. The number of halogens is 1. The van der Waals surface area contributed by atoms with Crippen LogP contribution in [0.25, 0.3) is 0 Å². The van der Waals surface area contributed by atoms with Crippen molar-refractivity contribution in [1.82, 2.24) is 0 Å². The number of unbranched alkanes of at least 4 members (excludes halogenated alkanes) is 6. The van der Waals surface area contributed by atoms with E-state index in [4.69, 9.17) is 16.9 Å². The molecule has 2 heteroatoms. The highest BCUT2D eigenvalue weighted by atomic mass is 35.5. The van der Waals surface area contributed by atoms with E-state index in [9.17, 15) is 0 Å². The van der Waals surface area contributed by atoms with E-state index in [0.717, 1.165) is 12.8 Å². The van der Waals surface area contributed by atoms with Gasteiger partial charge in [-0.2, -0.15) is 5.26 Å². The van der Waals surface area contributed by atoms with Crippen molar-refractivity contribution < 1.29 is 0 Å². The van der Waals surface area contributed by atoms with Crippen LogP contribution in [0.4, 0.5) is 0 Å². The highest BCUT2D eigenvalue weighted by molar-refractivity contribution is 6.20. The van der Waals surface area contributed by atoms with Crippen LogP contribution in [-0.4, -0.2) is 5.38 Å². The van der Waals surface area contributed by atoms with E-state index in [2.05, 4.69) is 13.0 Å². The standard InChI is InChI=1S/C13H24ClN/c1-2-3-4-5-6-7-8-10-13(14)11-9-12-15/h13H,2-11H2,1H3. The molecule has 0 heterocycles. The Balaban J connectivity index is 3.06. The van der Waals surface area contributed by atoms with Gasteiger partial charge < -0.3 is 0 Å². The zero-order chi connectivity index (χ0) is 11.4. The van der Waals surface area contributed by atoms with Crippen LogP contribution in [0.3, 0.4) is 0 Å². The molecule has 0 saturated heterocycles. The minimum Gasteiger partial charge on any atom is -0.198 e. The molecule has 0 aromatic heterocycles. The molecule has 0 fully saturated rings. The van der Waals surface area contributed by atoms with E-state index in [0.29, 0.717) is 6.42 Å². The summed E-state index contributed by atoms with van der Waals surface area (Å²) in [5, 5.41) is 8.62. The number of alkyl halides is 1. The Morgan fingerprint density at radius 1 is 1.00 bits per heavy atom. The van der Waals surface area contributed by atoms with Crippen molar-refractivity contribution in [2.24, 2.45) is 0 Å². The van der Waals surface area contributed by atoms with Gasteiger partial charge >= 0.3 is 0 Å². The third-order valence-electron chi connectivity index (χ3n) is 2.69. The van der Waals surface area contributed by atoms with Crippen LogP contribution in [0, 0.1) is 11.3 Å². The van der Waals surface area contributed by atoms with Crippen molar-refractivity contribution >= 4 is 11.6 Å². The average Bonchev–Trinajstić information content (AvgIpc) is 2.25. The maximum Gasteiger partial charge on any atom is 0.0622 e. The Kier molecular flexibility index (Phi) is 11.7. The van der Waals surface area contributed by atoms with Gasteiger partial charge in [0.2, 0.25) is 0 Å². The number of nitriles is 1. The fraction of sp³-hybridized carbons (Fsp3) is 0.923. The summed E-state index contributed by atoms with van der Waals surface area (Å²) in [6.45, 7) is 2.24. The average molecular weight is 230 g/mol. The summed E-state index contributed by atoms with van der Waals surface area (Å²) >= 11 is 6.07. The van der Waals surface area contributed by atoms with Gasteiger partial charge in [0, 0.05) is 11.8 Å². The van der Waals surface area contributed by atoms with Gasteiger partial charge in [0.25, 0.3) is 0 Å². The zero-order valence-corrected chi connectivity index (χ0v) is 10.7. The van der Waals surface area contributed by atoms with Gasteiger partial charge in [0.05, 0.1) is 6.07 Å². The lowest BCUT2D eigenvalue weighted by Crippen LogP contribution is -1.97. The van der Waals surface area contributed by atoms with E-state index < -0.39 is 0 Å². The molecule has 0 bridgehead atoms. The fourth-order valence-electron chi connectivity index (χ4n) is 1.69. The summed E-state index contributed by atoms with van der Waals surface area (Å²) in [7, 11) is 0. The topological polar surface area (TPSA) is 23.8 Å². The molecule has 0 spiro atoms. The molecule has 0 aliphatic heterocycles. The van der Waals surface area contributed by atoms with E-state index in [1.165, 1.54) is 44.9 Å². The highest BCUT2D eigenvalue weighted by Crippen LogP contribution is 2.15. The normalized spacial score (nSPS) is 12.3. The molecule has 1 nitrogen and oxygen atoms in total. The highest BCUT2D eigenvalue weighted by Gasteiger charge is 2.03. The second-order valence-corrected chi connectivity index (χ2v) is 4.82. The SMILES string of the molecule is CCCCCCCCCC(Cl)CCC#N. The molecule has 0 saturated carbocycles. The second kappa shape index (κ2) is 11.9. The smallest absolute Gasteiger partial charge is 0.0622 e. The molecule has 0 amide bonds. The van der Waals surface area contributed by atoms with Crippen LogP contribution >= 0.6 is 11.6 Å². The molecule has 0 aromatic rings. The van der Waals surface area contributed by atoms with Gasteiger partial charge in [-0.25, -0.2) is 0 Å². The van der Waals surface area contributed by atoms with Crippen molar-refractivity contribution in [2.45, 2.75) is 76.5 Å². The first-order valence-corrected chi connectivity index (χ1v) is 6.76. The minimum absolute atomic E-state index is 0.222. The molecule has 88 valence electrons. The Morgan fingerprint density at radius 2 is 1.60 bits per heavy atom. The lowest BCUT2D eigenvalue weighted by molar-refractivity contribution is 0.561. The van der Waals surface area contributed by atoms with Gasteiger partial charge in [-0.1, -0.05) is 51.9 Å². The molecular formula is C13H24ClN. The number of hydrogen-bond acceptors (Lipinski definition) is 1. The van der Waals surface area contributed by atoms with E-state index in [1.54, 1.807) is 0 Å². The van der Waals surface area contributed by atoms with Gasteiger partial charge in [0.15, 0.2) is 0 Å². The van der Waals surface area contributed by atoms with Crippen LogP contribution in [0.5, 0.6) is 0 Å². The Bertz CT molecular complexity index is 162. The van der Waals surface area contributed by atoms with E-state index in [-0.39, 0.29) is 5.38 Å². The van der Waals surface area contributed by atoms with Crippen LogP contribution < -0.4 is 0 Å². The molecule has 0 aromatic carbocycles. The van der Waals surface area contributed by atoms with Crippen molar-refractivity contribution in [3.05, 3.63) is 0 Å². The van der Waals surface area contributed by atoms with Crippen LogP contribution in [0.15, 0.2) is 0 Å². The maximum absolute atomic E-state index is 8.40. The first-order chi connectivity index (χ1) is 7.31. The van der Waals surface area contributed by atoms with Crippen LogP contribution in [0.2, 0.25) is 0 Å². The van der Waals surface area contributed by atoms with Crippen molar-refractivity contribution in [1.29, 1.82) is 5.26 Å². The van der Waals surface area contributed by atoms with Gasteiger partial charge in [0.1, 0.15) is 0 Å². The number of hydrogen-bond donors (Lipinski definition) is 0. The summed E-state index contributed by atoms with van der Waals surface area (Å²) in [6, 6.07) is 2.14. The Morgan fingerprint density at radius 3 is 2.20 bits per heavy atom. The lowest BCUT2D eigenvalue weighted by atomic mass is 10.1. The zero-order valence-electron chi connectivity index (χ0n) is 9.97. The largest absolute Gasteiger partial charge is 0.198 e. The van der Waals surface area contributed by atoms with Gasteiger partial charge in [-0.3, -0.25) is 0 Å². The fourth-order valence-corrected chi connectivity index (χ4v) is 1.95. The summed E-state index contributed by atoms with van der Waals surface area (Å²) in [6.07, 6.45) is 11.9. The first-order valence-electron chi connectivity index (χ1n) is 6.32. The summed E-state index contributed by atoms with van der Waals surface area (Å²) in [4.78, 5) is 0. The molecular weight excluding hydrogens is 206 g/mol. The Hall–Kier alpha value is -0.220. The Labute approximate surface area is 99.8 Å². The summed E-state index contributed by atoms with van der Waals surface area (Å²) in [5.74, 6) is 0. The molecule has 0 rings (SSSR count). The molecule has 1 unspecified atom stereocenters. The van der Waals surface area contributed by atoms with Crippen molar-refractivity contribution in [2.75, 3.05) is 0 Å². The van der Waals surface area contributed by atoms with Gasteiger partial charge in [-0.05, 0) is 12.8 Å². The summed E-state index contributed by atoms with van der Waals surface area (Å²) in [5.41, 5.74) is 0. The second-order valence-electron chi connectivity index (χ2n) is 4.20. The van der Waals surface area contributed by atoms with Gasteiger partial charge in [-0.15, -0.1) is 11.6 Å². The molecule has 0 radical (unpaired) electrons. The van der Waals surface area contributed by atoms with Crippen molar-refractivity contribution in [3.63, 3.8) is 0 Å². The quantitative estimate of drug-likeness (QED) is 0.380. The van der Waals surface area contributed by atoms with E-state index in [1.807, 2.05) is 0 Å². The van der Waals surface area contributed by atoms with E-state index >= 15 is 0 Å². The third kappa shape index (κ3) is 11.7. The van der Waals surface area contributed by atoms with Crippen molar-refractivity contribution in [3.8, 4) is 6.07 Å².